The maximum atomic E-state index is 13.8. The molecule has 0 bridgehead atoms. The summed E-state index contributed by atoms with van der Waals surface area (Å²) in [5, 5.41) is 0. The maximum absolute atomic E-state index is 13.8. The largest absolute Gasteiger partial charge is 0.342 e. The van der Waals surface area contributed by atoms with Gasteiger partial charge in [-0.05, 0) is 24.8 Å². The average molecular weight is 342 g/mol. The minimum absolute atomic E-state index is 0.137. The first-order valence-electron chi connectivity index (χ1n) is 7.73. The molecular weight excluding hydrogens is 319 g/mol. The highest BCUT2D eigenvalue weighted by Gasteiger charge is 2.26. The SMILES string of the molecule is CC1CCN(C(=O)CN(Cc2ccccc2F)S(C)(=O)=O)CC1. The lowest BCUT2D eigenvalue weighted by Gasteiger charge is -2.32. The Morgan fingerprint density at radius 1 is 1.30 bits per heavy atom. The van der Waals surface area contributed by atoms with Crippen molar-refractivity contribution in [3.8, 4) is 0 Å². The number of carbonyl (C=O) groups is 1. The van der Waals surface area contributed by atoms with Gasteiger partial charge in [-0.1, -0.05) is 25.1 Å². The third-order valence-corrected chi connectivity index (χ3v) is 5.42. The zero-order chi connectivity index (χ0) is 17.0. The number of nitrogens with zero attached hydrogens (tertiary/aromatic N) is 2. The Kier molecular flexibility index (Phi) is 5.75. The molecule has 1 fully saturated rings. The number of benzene rings is 1. The Morgan fingerprint density at radius 3 is 2.48 bits per heavy atom. The Labute approximate surface area is 137 Å². The number of halogens is 1. The van der Waals surface area contributed by atoms with E-state index >= 15 is 0 Å². The van der Waals surface area contributed by atoms with Gasteiger partial charge in [-0.15, -0.1) is 0 Å². The van der Waals surface area contributed by atoms with E-state index in [1.807, 2.05) is 0 Å². The summed E-state index contributed by atoms with van der Waals surface area (Å²) in [7, 11) is -3.61. The van der Waals surface area contributed by atoms with Crippen molar-refractivity contribution in [2.75, 3.05) is 25.9 Å². The molecule has 1 heterocycles. The molecule has 2 rings (SSSR count). The fourth-order valence-electron chi connectivity index (χ4n) is 2.62. The predicted octanol–water partition coefficient (Wildman–Crippen LogP) is 1.85. The molecule has 1 aliphatic heterocycles. The van der Waals surface area contributed by atoms with Crippen molar-refractivity contribution < 1.29 is 17.6 Å². The van der Waals surface area contributed by atoms with Gasteiger partial charge >= 0.3 is 0 Å². The van der Waals surface area contributed by atoms with Gasteiger partial charge in [0.05, 0.1) is 12.8 Å². The van der Waals surface area contributed by atoms with Crippen molar-refractivity contribution in [3.63, 3.8) is 0 Å². The van der Waals surface area contributed by atoms with Gasteiger partial charge < -0.3 is 4.90 Å². The summed E-state index contributed by atoms with van der Waals surface area (Å²) in [5.41, 5.74) is 0.262. The second kappa shape index (κ2) is 7.40. The van der Waals surface area contributed by atoms with E-state index in [9.17, 15) is 17.6 Å². The lowest BCUT2D eigenvalue weighted by atomic mass is 9.99. The molecule has 1 aromatic rings. The van der Waals surface area contributed by atoms with Gasteiger partial charge in [-0.3, -0.25) is 4.79 Å². The number of rotatable bonds is 5. The smallest absolute Gasteiger partial charge is 0.237 e. The third-order valence-electron chi connectivity index (χ3n) is 4.22. The number of hydrogen-bond acceptors (Lipinski definition) is 3. The lowest BCUT2D eigenvalue weighted by Crippen LogP contribution is -2.45. The Morgan fingerprint density at radius 2 is 1.91 bits per heavy atom. The van der Waals surface area contributed by atoms with Crippen molar-refractivity contribution >= 4 is 15.9 Å². The fourth-order valence-corrected chi connectivity index (χ4v) is 3.33. The van der Waals surface area contributed by atoms with Crippen molar-refractivity contribution in [1.29, 1.82) is 0 Å². The molecule has 1 aromatic carbocycles. The molecule has 23 heavy (non-hydrogen) atoms. The van der Waals surface area contributed by atoms with Gasteiger partial charge in [0, 0.05) is 25.2 Å². The van der Waals surface area contributed by atoms with E-state index in [4.69, 9.17) is 0 Å². The molecule has 0 saturated carbocycles. The molecule has 0 aromatic heterocycles. The molecule has 0 spiro atoms. The van der Waals surface area contributed by atoms with Gasteiger partial charge in [0.1, 0.15) is 5.82 Å². The zero-order valence-corrected chi connectivity index (χ0v) is 14.4. The Bertz CT molecular complexity index is 655. The summed E-state index contributed by atoms with van der Waals surface area (Å²) < 4.78 is 38.7. The van der Waals surface area contributed by atoms with E-state index in [1.165, 1.54) is 12.1 Å². The highest BCUT2D eigenvalue weighted by atomic mass is 32.2. The van der Waals surface area contributed by atoms with Crippen LogP contribution in [0.4, 0.5) is 4.39 Å². The summed E-state index contributed by atoms with van der Waals surface area (Å²) >= 11 is 0. The second-order valence-electron chi connectivity index (χ2n) is 6.19. The number of hydrogen-bond donors (Lipinski definition) is 0. The normalized spacial score (nSPS) is 16.8. The van der Waals surface area contributed by atoms with Gasteiger partial charge in [0.25, 0.3) is 0 Å². The van der Waals surface area contributed by atoms with Crippen molar-refractivity contribution in [1.82, 2.24) is 9.21 Å². The topological polar surface area (TPSA) is 57.7 Å². The summed E-state index contributed by atoms with van der Waals surface area (Å²) in [4.78, 5) is 14.1. The second-order valence-corrected chi connectivity index (χ2v) is 8.17. The molecule has 0 atom stereocenters. The number of carbonyl (C=O) groups excluding carboxylic acids is 1. The number of likely N-dealkylation sites (tertiary alicyclic amines) is 1. The van der Waals surface area contributed by atoms with Crippen LogP contribution in [0.25, 0.3) is 0 Å². The number of piperidine rings is 1. The monoisotopic (exact) mass is 342 g/mol. The molecule has 0 N–H and O–H groups in total. The van der Waals surface area contributed by atoms with E-state index < -0.39 is 15.8 Å². The summed E-state index contributed by atoms with van der Waals surface area (Å²) in [6, 6.07) is 6.00. The molecule has 1 amide bonds. The molecular formula is C16H23FN2O3S. The standard InChI is InChI=1S/C16H23FN2O3S/c1-13-7-9-18(10-8-13)16(20)12-19(23(2,21)22)11-14-5-3-4-6-15(14)17/h3-6,13H,7-12H2,1-2H3. The summed E-state index contributed by atoms with van der Waals surface area (Å²) in [6.45, 7) is 3.06. The molecule has 1 saturated heterocycles. The third kappa shape index (κ3) is 5.00. The van der Waals surface area contributed by atoms with E-state index in [-0.39, 0.29) is 24.6 Å². The molecule has 1 aliphatic rings. The van der Waals surface area contributed by atoms with Gasteiger partial charge in [-0.2, -0.15) is 4.31 Å². The first-order valence-corrected chi connectivity index (χ1v) is 9.58. The van der Waals surface area contributed by atoms with E-state index in [0.29, 0.717) is 19.0 Å². The zero-order valence-electron chi connectivity index (χ0n) is 13.5. The van der Waals surface area contributed by atoms with Crippen LogP contribution in [0.2, 0.25) is 0 Å². The molecule has 0 radical (unpaired) electrons. The average Bonchev–Trinajstić information content (AvgIpc) is 2.48. The first-order chi connectivity index (χ1) is 10.8. The van der Waals surface area contributed by atoms with Crippen LogP contribution < -0.4 is 0 Å². The quantitative estimate of drug-likeness (QED) is 0.820. The van der Waals surface area contributed by atoms with Gasteiger partial charge in [0.2, 0.25) is 15.9 Å². The van der Waals surface area contributed by atoms with Gasteiger partial charge in [-0.25, -0.2) is 12.8 Å². The highest BCUT2D eigenvalue weighted by Crippen LogP contribution is 2.17. The van der Waals surface area contributed by atoms with Crippen LogP contribution in [0, 0.1) is 11.7 Å². The van der Waals surface area contributed by atoms with Crippen LogP contribution in [-0.4, -0.2) is 49.4 Å². The van der Waals surface area contributed by atoms with Crippen LogP contribution in [0.15, 0.2) is 24.3 Å². The van der Waals surface area contributed by atoms with Crippen LogP contribution >= 0.6 is 0 Å². The Balaban J connectivity index is 2.08. The van der Waals surface area contributed by atoms with Crippen molar-refractivity contribution in [3.05, 3.63) is 35.6 Å². The van der Waals surface area contributed by atoms with Crippen molar-refractivity contribution in [2.24, 2.45) is 5.92 Å². The van der Waals surface area contributed by atoms with E-state index in [2.05, 4.69) is 6.92 Å². The minimum atomic E-state index is -3.61. The molecule has 7 heteroatoms. The predicted molar refractivity (Wildman–Crippen MR) is 86.6 cm³/mol. The van der Waals surface area contributed by atoms with E-state index in [0.717, 1.165) is 23.4 Å². The Hall–Kier alpha value is -1.47. The van der Waals surface area contributed by atoms with Crippen LogP contribution in [-0.2, 0) is 21.4 Å². The van der Waals surface area contributed by atoms with Gasteiger partial charge in [0.15, 0.2) is 0 Å². The molecule has 0 aliphatic carbocycles. The lowest BCUT2D eigenvalue weighted by molar-refractivity contribution is -0.132. The van der Waals surface area contributed by atoms with Crippen molar-refractivity contribution in [2.45, 2.75) is 26.3 Å². The first kappa shape index (κ1) is 17.9. The summed E-state index contributed by atoms with van der Waals surface area (Å²) in [6.07, 6.45) is 2.90. The number of amides is 1. The summed E-state index contributed by atoms with van der Waals surface area (Å²) in [5.74, 6) is -0.109. The minimum Gasteiger partial charge on any atom is -0.342 e. The van der Waals surface area contributed by atoms with E-state index in [1.54, 1.807) is 17.0 Å². The van der Waals surface area contributed by atoms with Crippen LogP contribution in [0.5, 0.6) is 0 Å². The maximum Gasteiger partial charge on any atom is 0.237 e. The van der Waals surface area contributed by atoms with Crippen LogP contribution in [0.3, 0.4) is 0 Å². The fraction of sp³-hybridized carbons (Fsp3) is 0.562. The van der Waals surface area contributed by atoms with Crippen LogP contribution in [0.1, 0.15) is 25.3 Å². The molecule has 5 nitrogen and oxygen atoms in total. The highest BCUT2D eigenvalue weighted by molar-refractivity contribution is 7.88. The number of sulfonamides is 1. The molecule has 0 unspecified atom stereocenters. The molecule has 128 valence electrons.